The standard InChI is InChI=1S/C39H58N6O7S/c1-8-21-40-34(48)31(46)28(22-25-17-18-25)41-33(47)30-29-27(38(29,5)6)23-45(30)35(49)32(37(2,3)4)42-36(50)43-39(19-13-10-14-20-39)24-44(7)53(51,52)26-15-11-9-12-16-26/h8-9,11-12,15-16,25,27-30,32H,1,10,13-14,17-24H2,2-7H3,(H,40,48)(H,41,47)(H2,42,43,50)/t27-,28?,29-,30-,32+/m0/s1. The Bertz CT molecular complexity index is 1680. The molecular weight excluding hydrogens is 697 g/mol. The largest absolute Gasteiger partial charge is 0.346 e. The summed E-state index contributed by atoms with van der Waals surface area (Å²) in [6, 6.07) is 4.66. The van der Waals surface area contributed by atoms with E-state index >= 15 is 0 Å². The van der Waals surface area contributed by atoms with Crippen molar-refractivity contribution in [1.82, 2.24) is 30.5 Å². The number of likely N-dealkylation sites (N-methyl/N-ethyl adjacent to an activating group) is 1. The van der Waals surface area contributed by atoms with Gasteiger partial charge in [-0.05, 0) is 60.0 Å². The molecule has 1 heterocycles. The minimum atomic E-state index is -3.82. The number of hydrogen-bond acceptors (Lipinski definition) is 7. The fourth-order valence-corrected chi connectivity index (χ4v) is 9.73. The zero-order chi connectivity index (χ0) is 38.9. The van der Waals surface area contributed by atoms with E-state index in [-0.39, 0.29) is 41.2 Å². The van der Waals surface area contributed by atoms with Crippen molar-refractivity contribution in [3.05, 3.63) is 43.0 Å². The second kappa shape index (κ2) is 15.5. The van der Waals surface area contributed by atoms with Gasteiger partial charge in [0.2, 0.25) is 27.6 Å². The Labute approximate surface area is 314 Å². The van der Waals surface area contributed by atoms with Crippen LogP contribution in [-0.2, 0) is 29.2 Å². The van der Waals surface area contributed by atoms with Crippen LogP contribution in [0.4, 0.5) is 4.79 Å². The molecule has 0 spiro atoms. The zero-order valence-corrected chi connectivity index (χ0v) is 32.9. The maximum atomic E-state index is 14.6. The van der Waals surface area contributed by atoms with Crippen molar-refractivity contribution in [2.75, 3.05) is 26.7 Å². The van der Waals surface area contributed by atoms with Crippen LogP contribution in [0.1, 0.15) is 86.0 Å². The summed E-state index contributed by atoms with van der Waals surface area (Å²) in [4.78, 5) is 70.2. The first kappa shape index (κ1) is 40.4. The lowest BCUT2D eigenvalue weighted by Crippen LogP contribution is -2.64. The molecule has 14 heteroatoms. The molecule has 292 valence electrons. The summed E-state index contributed by atoms with van der Waals surface area (Å²) in [5, 5.41) is 11.4. The molecule has 13 nitrogen and oxygen atoms in total. The molecule has 5 atom stereocenters. The first-order chi connectivity index (χ1) is 24.8. The number of sulfonamides is 1. The number of rotatable bonds is 15. The highest BCUT2D eigenvalue weighted by molar-refractivity contribution is 7.89. The second-order valence-electron chi connectivity index (χ2n) is 17.3. The van der Waals surface area contributed by atoms with E-state index in [4.69, 9.17) is 0 Å². The number of hydrogen-bond donors (Lipinski definition) is 4. The normalized spacial score (nSPS) is 24.3. The Balaban J connectivity index is 1.33. The van der Waals surface area contributed by atoms with Gasteiger partial charge in [-0.2, -0.15) is 4.31 Å². The van der Waals surface area contributed by atoms with E-state index in [0.717, 1.165) is 32.1 Å². The van der Waals surface area contributed by atoms with Gasteiger partial charge in [-0.15, -0.1) is 6.58 Å². The van der Waals surface area contributed by atoms with Crippen LogP contribution in [0.25, 0.3) is 0 Å². The number of carbonyl (C=O) groups excluding carboxylic acids is 5. The molecule has 4 N–H and O–H groups in total. The summed E-state index contributed by atoms with van der Waals surface area (Å²) in [7, 11) is -2.30. The van der Waals surface area contributed by atoms with Gasteiger partial charge in [0.05, 0.1) is 16.5 Å². The molecule has 4 fully saturated rings. The van der Waals surface area contributed by atoms with Crippen LogP contribution >= 0.6 is 0 Å². The Morgan fingerprint density at radius 3 is 2.25 bits per heavy atom. The number of piperidine rings is 1. The van der Waals surface area contributed by atoms with Crippen LogP contribution in [0.2, 0.25) is 0 Å². The number of fused-ring (bicyclic) bond motifs is 1. The minimum Gasteiger partial charge on any atom is -0.346 e. The minimum absolute atomic E-state index is 0.0535. The van der Waals surface area contributed by atoms with E-state index in [1.165, 1.54) is 17.4 Å². The molecule has 3 saturated carbocycles. The van der Waals surface area contributed by atoms with Crippen molar-refractivity contribution in [3.8, 4) is 0 Å². The van der Waals surface area contributed by atoms with Crippen LogP contribution in [-0.4, -0.2) is 97.5 Å². The van der Waals surface area contributed by atoms with Crippen molar-refractivity contribution in [3.63, 3.8) is 0 Å². The highest BCUT2D eigenvalue weighted by atomic mass is 32.2. The Morgan fingerprint density at radius 1 is 1.02 bits per heavy atom. The maximum absolute atomic E-state index is 14.6. The fourth-order valence-electron chi connectivity index (χ4n) is 8.46. The van der Waals surface area contributed by atoms with Gasteiger partial charge in [0.1, 0.15) is 12.1 Å². The number of nitrogens with zero attached hydrogens (tertiary/aromatic N) is 2. The molecular formula is C39H58N6O7S. The third kappa shape index (κ3) is 8.96. The molecule has 3 aliphatic carbocycles. The molecule has 1 aromatic rings. The van der Waals surface area contributed by atoms with Gasteiger partial charge in [0, 0.05) is 26.7 Å². The van der Waals surface area contributed by atoms with Gasteiger partial charge in [0.25, 0.3) is 5.91 Å². The summed E-state index contributed by atoms with van der Waals surface area (Å²) in [6.07, 6.45) is 7.38. The monoisotopic (exact) mass is 754 g/mol. The van der Waals surface area contributed by atoms with E-state index in [0.29, 0.717) is 25.8 Å². The average Bonchev–Trinajstić information content (AvgIpc) is 3.96. The lowest BCUT2D eigenvalue weighted by Gasteiger charge is -2.42. The Morgan fingerprint density at radius 2 is 1.66 bits per heavy atom. The Kier molecular flexibility index (Phi) is 11.8. The first-order valence-electron chi connectivity index (χ1n) is 19.0. The average molecular weight is 755 g/mol. The molecule has 1 saturated heterocycles. The molecule has 0 aromatic heterocycles. The lowest BCUT2D eigenvalue weighted by molar-refractivity contribution is -0.145. The fraction of sp³-hybridized carbons (Fsp3) is 0.667. The summed E-state index contributed by atoms with van der Waals surface area (Å²) in [6.45, 7) is 13.7. The number of Topliss-reactive ketones (excluding diaryl/α,β-unsaturated/α-hetero) is 1. The molecule has 4 aliphatic rings. The van der Waals surface area contributed by atoms with Crippen LogP contribution in [0.5, 0.6) is 0 Å². The molecule has 53 heavy (non-hydrogen) atoms. The number of nitrogens with one attached hydrogen (secondary N) is 4. The van der Waals surface area contributed by atoms with Crippen molar-refractivity contribution >= 4 is 39.6 Å². The third-order valence-corrected chi connectivity index (χ3v) is 13.7. The number of likely N-dealkylation sites (tertiary alicyclic amines) is 1. The number of ketones is 1. The predicted octanol–water partition coefficient (Wildman–Crippen LogP) is 3.36. The van der Waals surface area contributed by atoms with E-state index in [2.05, 4.69) is 41.7 Å². The summed E-state index contributed by atoms with van der Waals surface area (Å²) in [5.74, 6) is -2.26. The van der Waals surface area contributed by atoms with Crippen molar-refractivity contribution in [2.45, 2.75) is 115 Å². The number of urea groups is 1. The molecule has 1 aromatic carbocycles. The smallest absolute Gasteiger partial charge is 0.315 e. The zero-order valence-electron chi connectivity index (χ0n) is 32.1. The summed E-state index contributed by atoms with van der Waals surface area (Å²) >= 11 is 0. The topological polar surface area (TPSA) is 174 Å². The second-order valence-corrected chi connectivity index (χ2v) is 19.3. The van der Waals surface area contributed by atoms with Gasteiger partial charge in [0.15, 0.2) is 0 Å². The predicted molar refractivity (Wildman–Crippen MR) is 201 cm³/mol. The van der Waals surface area contributed by atoms with Crippen molar-refractivity contribution in [1.29, 1.82) is 0 Å². The molecule has 0 radical (unpaired) electrons. The van der Waals surface area contributed by atoms with Crippen LogP contribution < -0.4 is 21.3 Å². The third-order valence-electron chi connectivity index (χ3n) is 11.8. The molecule has 5 rings (SSSR count). The SMILES string of the molecule is C=CCNC(=O)C(=O)C(CC1CC1)NC(=O)[C@@H]1[C@@H]2[C@H](CN1C(=O)[C@@H](NC(=O)NC1(CN(C)S(=O)(=O)c3ccccc3)CCCCC1)C(C)(C)C)C2(C)C. The quantitative estimate of drug-likeness (QED) is 0.157. The van der Waals surface area contributed by atoms with Gasteiger partial charge >= 0.3 is 6.03 Å². The maximum Gasteiger partial charge on any atom is 0.315 e. The molecule has 1 unspecified atom stereocenters. The summed E-state index contributed by atoms with van der Waals surface area (Å²) < 4.78 is 28.2. The molecule has 5 amide bonds. The first-order valence-corrected chi connectivity index (χ1v) is 20.4. The van der Waals surface area contributed by atoms with Gasteiger partial charge in [-0.1, -0.05) is 91.0 Å². The van der Waals surface area contributed by atoms with E-state index in [1.807, 2.05) is 20.8 Å². The highest BCUT2D eigenvalue weighted by Gasteiger charge is 2.70. The van der Waals surface area contributed by atoms with Gasteiger partial charge in [-0.25, -0.2) is 13.2 Å². The molecule has 1 aliphatic heterocycles. The Hall–Kier alpha value is -3.78. The van der Waals surface area contributed by atoms with Gasteiger partial charge in [-0.3, -0.25) is 19.2 Å². The highest BCUT2D eigenvalue weighted by Crippen LogP contribution is 2.65. The van der Waals surface area contributed by atoms with Crippen LogP contribution in [0.3, 0.4) is 0 Å². The molecule has 0 bridgehead atoms. The lowest BCUT2D eigenvalue weighted by atomic mass is 9.81. The van der Waals surface area contributed by atoms with Crippen molar-refractivity contribution in [2.24, 2.45) is 28.6 Å². The number of amides is 5. The van der Waals surface area contributed by atoms with E-state index in [1.54, 1.807) is 35.2 Å². The van der Waals surface area contributed by atoms with E-state index < -0.39 is 68.6 Å². The van der Waals surface area contributed by atoms with Gasteiger partial charge < -0.3 is 26.2 Å². The number of carbonyl (C=O) groups is 5. The van der Waals surface area contributed by atoms with Crippen LogP contribution in [0.15, 0.2) is 47.9 Å². The van der Waals surface area contributed by atoms with Crippen LogP contribution in [0, 0.1) is 28.6 Å². The van der Waals surface area contributed by atoms with E-state index in [9.17, 15) is 32.4 Å². The number of benzene rings is 1. The summed E-state index contributed by atoms with van der Waals surface area (Å²) in [5.41, 5.74) is -1.83. The van der Waals surface area contributed by atoms with Crippen molar-refractivity contribution < 1.29 is 32.4 Å².